The molecule has 0 aliphatic rings. The molecule has 4 heteroatoms. The van der Waals surface area contributed by atoms with E-state index in [0.29, 0.717) is 6.42 Å². The molecule has 0 fully saturated rings. The first-order chi connectivity index (χ1) is 9.63. The third-order valence-electron chi connectivity index (χ3n) is 3.11. The van der Waals surface area contributed by atoms with Crippen molar-refractivity contribution in [3.63, 3.8) is 0 Å². The van der Waals surface area contributed by atoms with E-state index in [0.717, 1.165) is 29.1 Å². The average molecular weight is 294 g/mol. The SMILES string of the molecule is CCCCCSCCCC(=O)Nc1ccc(N)cc1C. The summed E-state index contributed by atoms with van der Waals surface area (Å²) in [5.74, 6) is 2.37. The van der Waals surface area contributed by atoms with Gasteiger partial charge in [-0.3, -0.25) is 4.79 Å². The number of unbranched alkanes of at least 4 members (excludes halogenated alkanes) is 2. The number of amides is 1. The van der Waals surface area contributed by atoms with Crippen LogP contribution in [0.1, 0.15) is 44.6 Å². The van der Waals surface area contributed by atoms with Gasteiger partial charge in [0.1, 0.15) is 0 Å². The van der Waals surface area contributed by atoms with Gasteiger partial charge >= 0.3 is 0 Å². The first-order valence-corrected chi connectivity index (χ1v) is 8.52. The number of anilines is 2. The van der Waals surface area contributed by atoms with Crippen LogP contribution < -0.4 is 11.1 Å². The molecule has 0 atom stereocenters. The van der Waals surface area contributed by atoms with Crippen LogP contribution in [0.3, 0.4) is 0 Å². The van der Waals surface area contributed by atoms with Crippen LogP contribution in [-0.4, -0.2) is 17.4 Å². The maximum absolute atomic E-state index is 11.8. The van der Waals surface area contributed by atoms with Crippen LogP contribution in [0.4, 0.5) is 11.4 Å². The molecule has 0 saturated heterocycles. The van der Waals surface area contributed by atoms with E-state index in [2.05, 4.69) is 12.2 Å². The van der Waals surface area contributed by atoms with E-state index in [9.17, 15) is 4.79 Å². The van der Waals surface area contributed by atoms with Crippen molar-refractivity contribution in [1.29, 1.82) is 0 Å². The van der Waals surface area contributed by atoms with Crippen LogP contribution in [-0.2, 0) is 4.79 Å². The average Bonchev–Trinajstić information content (AvgIpc) is 2.41. The molecule has 0 spiro atoms. The van der Waals surface area contributed by atoms with Crippen LogP contribution >= 0.6 is 11.8 Å². The Morgan fingerprint density at radius 3 is 2.70 bits per heavy atom. The molecule has 0 aromatic heterocycles. The van der Waals surface area contributed by atoms with Gasteiger partial charge in [-0.25, -0.2) is 0 Å². The van der Waals surface area contributed by atoms with Crippen molar-refractivity contribution in [2.24, 2.45) is 0 Å². The Hall–Kier alpha value is -1.16. The highest BCUT2D eigenvalue weighted by Crippen LogP contribution is 2.18. The van der Waals surface area contributed by atoms with Crippen LogP contribution in [0.2, 0.25) is 0 Å². The van der Waals surface area contributed by atoms with E-state index < -0.39 is 0 Å². The molecule has 0 aliphatic carbocycles. The Labute approximate surface area is 126 Å². The molecule has 112 valence electrons. The number of nitrogens with one attached hydrogen (secondary N) is 1. The first-order valence-electron chi connectivity index (χ1n) is 7.37. The van der Waals surface area contributed by atoms with Crippen molar-refractivity contribution in [2.75, 3.05) is 22.6 Å². The molecule has 1 amide bonds. The third-order valence-corrected chi connectivity index (χ3v) is 4.26. The number of thioether (sulfide) groups is 1. The minimum Gasteiger partial charge on any atom is -0.399 e. The normalized spacial score (nSPS) is 10.5. The van der Waals surface area contributed by atoms with Crippen molar-refractivity contribution in [2.45, 2.75) is 46.0 Å². The minimum atomic E-state index is 0.0898. The second kappa shape index (κ2) is 9.70. The topological polar surface area (TPSA) is 55.1 Å². The van der Waals surface area contributed by atoms with Gasteiger partial charge in [0.2, 0.25) is 5.91 Å². The van der Waals surface area contributed by atoms with Crippen molar-refractivity contribution in [3.05, 3.63) is 23.8 Å². The maximum atomic E-state index is 11.8. The Balaban J connectivity index is 2.17. The highest BCUT2D eigenvalue weighted by molar-refractivity contribution is 7.99. The number of carbonyl (C=O) groups is 1. The Kier molecular flexibility index (Phi) is 8.19. The summed E-state index contributed by atoms with van der Waals surface area (Å²) < 4.78 is 0. The lowest BCUT2D eigenvalue weighted by Gasteiger charge is -2.09. The number of hydrogen-bond donors (Lipinski definition) is 2. The molecule has 0 radical (unpaired) electrons. The number of benzene rings is 1. The summed E-state index contributed by atoms with van der Waals surface area (Å²) in [6.07, 6.45) is 5.40. The fourth-order valence-electron chi connectivity index (χ4n) is 1.93. The van der Waals surface area contributed by atoms with Crippen LogP contribution in [0.5, 0.6) is 0 Å². The first kappa shape index (κ1) is 16.9. The van der Waals surface area contributed by atoms with E-state index in [4.69, 9.17) is 5.73 Å². The molecule has 3 N–H and O–H groups in total. The number of rotatable bonds is 9. The summed E-state index contributed by atoms with van der Waals surface area (Å²) in [4.78, 5) is 11.8. The molecule has 20 heavy (non-hydrogen) atoms. The van der Waals surface area contributed by atoms with Crippen LogP contribution in [0, 0.1) is 6.92 Å². The quantitative estimate of drug-likeness (QED) is 0.529. The van der Waals surface area contributed by atoms with Gasteiger partial charge in [0.05, 0.1) is 0 Å². The standard InChI is InChI=1S/C16H26N2OS/c1-3-4-5-10-20-11-6-7-16(19)18-15-9-8-14(17)12-13(15)2/h8-9,12H,3-7,10-11,17H2,1-2H3,(H,18,19). The fraction of sp³-hybridized carbons (Fsp3) is 0.562. The van der Waals surface area contributed by atoms with E-state index >= 15 is 0 Å². The van der Waals surface area contributed by atoms with Crippen LogP contribution in [0.15, 0.2) is 18.2 Å². The summed E-state index contributed by atoms with van der Waals surface area (Å²) >= 11 is 1.95. The molecule has 0 bridgehead atoms. The molecule has 0 aliphatic heterocycles. The molecular formula is C16H26N2OS. The highest BCUT2D eigenvalue weighted by atomic mass is 32.2. The summed E-state index contributed by atoms with van der Waals surface area (Å²) in [6.45, 7) is 4.17. The monoisotopic (exact) mass is 294 g/mol. The lowest BCUT2D eigenvalue weighted by molar-refractivity contribution is -0.116. The lowest BCUT2D eigenvalue weighted by atomic mass is 10.1. The summed E-state index contributed by atoms with van der Waals surface area (Å²) in [5, 5.41) is 2.94. The van der Waals surface area contributed by atoms with Crippen molar-refractivity contribution < 1.29 is 4.79 Å². The molecule has 1 aromatic rings. The van der Waals surface area contributed by atoms with Crippen molar-refractivity contribution in [1.82, 2.24) is 0 Å². The Morgan fingerprint density at radius 2 is 2.00 bits per heavy atom. The van der Waals surface area contributed by atoms with Gasteiger partial charge in [0.25, 0.3) is 0 Å². The van der Waals surface area contributed by atoms with E-state index in [1.807, 2.05) is 36.9 Å². The smallest absolute Gasteiger partial charge is 0.224 e. The van der Waals surface area contributed by atoms with Gasteiger partial charge in [-0.15, -0.1) is 0 Å². The minimum absolute atomic E-state index is 0.0898. The van der Waals surface area contributed by atoms with Crippen LogP contribution in [0.25, 0.3) is 0 Å². The van der Waals surface area contributed by atoms with Gasteiger partial charge in [0.15, 0.2) is 0 Å². The van der Waals surface area contributed by atoms with Crippen molar-refractivity contribution in [3.8, 4) is 0 Å². The third kappa shape index (κ3) is 6.85. The second-order valence-corrected chi connectivity index (χ2v) is 6.27. The summed E-state index contributed by atoms with van der Waals surface area (Å²) in [5.41, 5.74) is 8.28. The summed E-state index contributed by atoms with van der Waals surface area (Å²) in [7, 11) is 0. The fourth-order valence-corrected chi connectivity index (χ4v) is 2.89. The van der Waals surface area contributed by atoms with Gasteiger partial charge in [-0.1, -0.05) is 19.8 Å². The molecular weight excluding hydrogens is 268 g/mol. The second-order valence-electron chi connectivity index (χ2n) is 5.05. The van der Waals surface area contributed by atoms with E-state index in [1.165, 1.54) is 25.0 Å². The molecule has 3 nitrogen and oxygen atoms in total. The zero-order valence-electron chi connectivity index (χ0n) is 12.6. The molecule has 0 saturated carbocycles. The van der Waals surface area contributed by atoms with E-state index in [-0.39, 0.29) is 5.91 Å². The number of carbonyl (C=O) groups excluding carboxylic acids is 1. The largest absolute Gasteiger partial charge is 0.399 e. The number of aryl methyl sites for hydroxylation is 1. The van der Waals surface area contributed by atoms with Gasteiger partial charge < -0.3 is 11.1 Å². The van der Waals surface area contributed by atoms with E-state index in [1.54, 1.807) is 0 Å². The van der Waals surface area contributed by atoms with Gasteiger partial charge in [-0.2, -0.15) is 11.8 Å². The maximum Gasteiger partial charge on any atom is 0.224 e. The predicted molar refractivity (Wildman–Crippen MR) is 90.3 cm³/mol. The zero-order valence-corrected chi connectivity index (χ0v) is 13.4. The van der Waals surface area contributed by atoms with Gasteiger partial charge in [-0.05, 0) is 55.0 Å². The molecule has 1 aromatic carbocycles. The molecule has 1 rings (SSSR count). The number of hydrogen-bond acceptors (Lipinski definition) is 3. The Morgan fingerprint density at radius 1 is 1.25 bits per heavy atom. The molecule has 0 heterocycles. The molecule has 0 unspecified atom stereocenters. The number of nitrogen functional groups attached to an aromatic ring is 1. The lowest BCUT2D eigenvalue weighted by Crippen LogP contribution is -2.12. The highest BCUT2D eigenvalue weighted by Gasteiger charge is 2.04. The number of nitrogens with two attached hydrogens (primary N) is 1. The summed E-state index contributed by atoms with van der Waals surface area (Å²) in [6, 6.07) is 5.55. The van der Waals surface area contributed by atoms with Gasteiger partial charge in [0, 0.05) is 17.8 Å². The van der Waals surface area contributed by atoms with Crippen molar-refractivity contribution >= 4 is 29.0 Å². The predicted octanol–water partition coefficient (Wildman–Crippen LogP) is 4.22. The zero-order chi connectivity index (χ0) is 14.8. The Bertz CT molecular complexity index is 421.